The van der Waals surface area contributed by atoms with Crippen LogP contribution in [0.5, 0.6) is 0 Å². The minimum Gasteiger partial charge on any atom is -0.464 e. The molecule has 0 fully saturated rings. The van der Waals surface area contributed by atoms with Crippen LogP contribution in [-0.4, -0.2) is 18.1 Å². The number of nitrogens with zero attached hydrogens (tertiary/aromatic N) is 1. The topological polar surface area (TPSA) is 39.2 Å². The number of methoxy groups -OCH3 is 1. The molecule has 1 aromatic rings. The van der Waals surface area contributed by atoms with Crippen molar-refractivity contribution in [1.29, 1.82) is 0 Å². The molecule has 0 bridgehead atoms. The Balaban J connectivity index is 3.05. The van der Waals surface area contributed by atoms with Crippen molar-refractivity contribution in [3.8, 4) is 0 Å². The van der Waals surface area contributed by atoms with Crippen LogP contribution in [0.25, 0.3) is 0 Å². The van der Waals surface area contributed by atoms with Gasteiger partial charge in [0.05, 0.1) is 16.9 Å². The van der Waals surface area contributed by atoms with Crippen molar-refractivity contribution < 1.29 is 13.9 Å². The average molecular weight is 281 g/mol. The van der Waals surface area contributed by atoms with Crippen LogP contribution in [-0.2, 0) is 4.74 Å². The Morgan fingerprint density at radius 3 is 2.92 bits per heavy atom. The van der Waals surface area contributed by atoms with Gasteiger partial charge in [-0.1, -0.05) is 0 Å². The van der Waals surface area contributed by atoms with Gasteiger partial charge >= 0.3 is 5.97 Å². The summed E-state index contributed by atoms with van der Waals surface area (Å²) in [5, 5.41) is 0. The zero-order chi connectivity index (χ0) is 9.14. The highest BCUT2D eigenvalue weighted by Gasteiger charge is 2.09. The molecule has 1 rings (SSSR count). The molecule has 0 aliphatic heterocycles. The molecule has 0 aliphatic rings. The Morgan fingerprint density at radius 2 is 2.42 bits per heavy atom. The van der Waals surface area contributed by atoms with Crippen LogP contribution < -0.4 is 0 Å². The van der Waals surface area contributed by atoms with E-state index in [2.05, 4.69) is 9.72 Å². The zero-order valence-electron chi connectivity index (χ0n) is 6.17. The summed E-state index contributed by atoms with van der Waals surface area (Å²) in [7, 11) is 1.25. The molecule has 1 aromatic heterocycles. The van der Waals surface area contributed by atoms with Gasteiger partial charge in [-0.15, -0.1) is 0 Å². The van der Waals surface area contributed by atoms with Gasteiger partial charge in [-0.25, -0.2) is 14.2 Å². The molecular weight excluding hydrogens is 276 g/mol. The number of hydrogen-bond donors (Lipinski definition) is 0. The number of rotatable bonds is 1. The number of hydrogen-bond acceptors (Lipinski definition) is 3. The van der Waals surface area contributed by atoms with Gasteiger partial charge in [0.2, 0.25) is 0 Å². The Bertz CT molecular complexity index is 316. The van der Waals surface area contributed by atoms with Crippen LogP contribution in [0.2, 0.25) is 0 Å². The van der Waals surface area contributed by atoms with Gasteiger partial charge in [-0.3, -0.25) is 0 Å². The van der Waals surface area contributed by atoms with Gasteiger partial charge in [-0.05, 0) is 28.7 Å². The first-order valence-corrected chi connectivity index (χ1v) is 4.12. The third kappa shape index (κ3) is 1.90. The third-order valence-electron chi connectivity index (χ3n) is 1.20. The Hall–Kier alpha value is -0.720. The van der Waals surface area contributed by atoms with Gasteiger partial charge < -0.3 is 4.74 Å². The van der Waals surface area contributed by atoms with Gasteiger partial charge in [0.25, 0.3) is 0 Å². The summed E-state index contributed by atoms with van der Waals surface area (Å²) in [6.07, 6.45) is 0.994. The lowest BCUT2D eigenvalue weighted by Gasteiger charge is -1.98. The maximum absolute atomic E-state index is 12.6. The number of esters is 1. The molecule has 0 saturated heterocycles. The Kier molecular flexibility index (Phi) is 2.96. The number of aromatic nitrogens is 1. The fraction of sp³-hybridized carbons (Fsp3) is 0.143. The fourth-order valence-electron chi connectivity index (χ4n) is 0.630. The molecule has 0 saturated carbocycles. The SMILES string of the molecule is COC(=O)c1cc(I)c(F)cn1. The van der Waals surface area contributed by atoms with E-state index in [1.165, 1.54) is 13.2 Å². The largest absolute Gasteiger partial charge is 0.464 e. The second kappa shape index (κ2) is 3.79. The van der Waals surface area contributed by atoms with E-state index in [4.69, 9.17) is 0 Å². The van der Waals surface area contributed by atoms with E-state index < -0.39 is 11.8 Å². The molecule has 0 spiro atoms. The lowest BCUT2D eigenvalue weighted by molar-refractivity contribution is 0.0594. The summed E-state index contributed by atoms with van der Waals surface area (Å²) >= 11 is 1.78. The van der Waals surface area contributed by atoms with Crippen molar-refractivity contribution in [3.63, 3.8) is 0 Å². The number of halogens is 2. The summed E-state index contributed by atoms with van der Waals surface area (Å²) in [5.41, 5.74) is 0.114. The molecule has 0 amide bonds. The summed E-state index contributed by atoms with van der Waals surface area (Å²) in [6.45, 7) is 0. The second-order valence-electron chi connectivity index (χ2n) is 1.98. The number of carbonyl (C=O) groups is 1. The highest BCUT2D eigenvalue weighted by Crippen LogP contribution is 2.10. The van der Waals surface area contributed by atoms with Gasteiger partial charge in [0, 0.05) is 0 Å². The lowest BCUT2D eigenvalue weighted by atomic mass is 10.3. The van der Waals surface area contributed by atoms with E-state index >= 15 is 0 Å². The molecule has 5 heteroatoms. The van der Waals surface area contributed by atoms with E-state index in [0.717, 1.165) is 6.20 Å². The van der Waals surface area contributed by atoms with Crippen LogP contribution in [0, 0.1) is 9.39 Å². The molecule has 0 unspecified atom stereocenters. The molecule has 0 aromatic carbocycles. The number of carbonyl (C=O) groups excluding carboxylic acids is 1. The maximum Gasteiger partial charge on any atom is 0.356 e. The maximum atomic E-state index is 12.6. The Labute approximate surface area is 82.1 Å². The van der Waals surface area contributed by atoms with Crippen LogP contribution in [0.15, 0.2) is 12.3 Å². The molecule has 12 heavy (non-hydrogen) atoms. The summed E-state index contributed by atoms with van der Waals surface area (Å²) in [4.78, 5) is 14.4. The van der Waals surface area contributed by atoms with Crippen molar-refractivity contribution >= 4 is 28.6 Å². The van der Waals surface area contributed by atoms with E-state index in [-0.39, 0.29) is 5.69 Å². The molecule has 1 heterocycles. The predicted molar refractivity (Wildman–Crippen MR) is 48.3 cm³/mol. The minimum atomic E-state index is -0.562. The van der Waals surface area contributed by atoms with Crippen LogP contribution in [0.1, 0.15) is 10.5 Å². The van der Waals surface area contributed by atoms with Crippen molar-refractivity contribution in [3.05, 3.63) is 27.3 Å². The monoisotopic (exact) mass is 281 g/mol. The smallest absolute Gasteiger partial charge is 0.356 e. The van der Waals surface area contributed by atoms with Gasteiger partial charge in [0.15, 0.2) is 5.82 Å². The van der Waals surface area contributed by atoms with E-state index in [1.807, 2.05) is 0 Å². The lowest BCUT2D eigenvalue weighted by Crippen LogP contribution is -2.04. The second-order valence-corrected chi connectivity index (χ2v) is 3.14. The summed E-state index contributed by atoms with van der Waals surface area (Å²) in [6, 6.07) is 1.34. The fourth-order valence-corrected chi connectivity index (χ4v) is 1.06. The van der Waals surface area contributed by atoms with Crippen LogP contribution in [0.4, 0.5) is 4.39 Å². The van der Waals surface area contributed by atoms with Crippen molar-refractivity contribution in [1.82, 2.24) is 4.98 Å². The average Bonchev–Trinajstić information content (AvgIpc) is 2.08. The highest BCUT2D eigenvalue weighted by atomic mass is 127. The molecule has 0 aliphatic carbocycles. The van der Waals surface area contributed by atoms with Crippen molar-refractivity contribution in [2.24, 2.45) is 0 Å². The standard InChI is InChI=1S/C7H5FINO2/c1-12-7(11)6-2-5(9)4(8)3-10-6/h2-3H,1H3. The van der Waals surface area contributed by atoms with Crippen LogP contribution in [0.3, 0.4) is 0 Å². The van der Waals surface area contributed by atoms with E-state index in [9.17, 15) is 9.18 Å². The van der Waals surface area contributed by atoms with Crippen molar-refractivity contribution in [2.45, 2.75) is 0 Å². The van der Waals surface area contributed by atoms with Crippen LogP contribution >= 0.6 is 22.6 Å². The quantitative estimate of drug-likeness (QED) is 0.580. The molecule has 64 valence electrons. The molecule has 0 atom stereocenters. The third-order valence-corrected chi connectivity index (χ3v) is 2.03. The Morgan fingerprint density at radius 1 is 1.75 bits per heavy atom. The molecule has 3 nitrogen and oxygen atoms in total. The van der Waals surface area contributed by atoms with Gasteiger partial charge in [0.1, 0.15) is 5.69 Å². The van der Waals surface area contributed by atoms with Gasteiger partial charge in [-0.2, -0.15) is 0 Å². The van der Waals surface area contributed by atoms with E-state index in [1.54, 1.807) is 22.6 Å². The normalized spacial score (nSPS) is 9.58. The summed E-state index contributed by atoms with van der Waals surface area (Å²) < 4.78 is 17.4. The highest BCUT2D eigenvalue weighted by molar-refractivity contribution is 14.1. The summed E-state index contributed by atoms with van der Waals surface area (Å²) in [5.74, 6) is -1.00. The first kappa shape index (κ1) is 9.37. The predicted octanol–water partition coefficient (Wildman–Crippen LogP) is 1.61. The zero-order valence-corrected chi connectivity index (χ0v) is 8.33. The molecule has 0 N–H and O–H groups in total. The molecular formula is C7H5FINO2. The minimum absolute atomic E-state index is 0.114. The first-order chi connectivity index (χ1) is 5.65. The van der Waals surface area contributed by atoms with Crippen molar-refractivity contribution in [2.75, 3.05) is 7.11 Å². The number of pyridine rings is 1. The first-order valence-electron chi connectivity index (χ1n) is 3.04. The van der Waals surface area contributed by atoms with E-state index in [0.29, 0.717) is 3.57 Å². The molecule has 0 radical (unpaired) electrons. The number of ether oxygens (including phenoxy) is 1.